The normalized spacial score (nSPS) is 19.3. The van der Waals surface area contributed by atoms with E-state index in [-0.39, 0.29) is 35.6 Å². The molecule has 3 rings (SSSR count). The minimum atomic E-state index is -0.470. The average Bonchev–Trinajstić information content (AvgIpc) is 2.73. The van der Waals surface area contributed by atoms with Gasteiger partial charge in [0.15, 0.2) is 0 Å². The monoisotopic (exact) mass is 459 g/mol. The van der Waals surface area contributed by atoms with E-state index >= 15 is 0 Å². The Morgan fingerprint density at radius 1 is 1.09 bits per heavy atom. The molecule has 6 nitrogen and oxygen atoms in total. The molecule has 2 aromatic rings. The maximum atomic E-state index is 14.7. The third kappa shape index (κ3) is 6.71. The van der Waals surface area contributed by atoms with Gasteiger partial charge in [-0.15, -0.1) is 11.8 Å². The topological polar surface area (TPSA) is 70.7 Å². The van der Waals surface area contributed by atoms with Crippen molar-refractivity contribution in [3.8, 4) is 0 Å². The van der Waals surface area contributed by atoms with Crippen LogP contribution in [0.4, 0.5) is 21.5 Å². The number of aryl methyl sites for hydroxylation is 1. The van der Waals surface area contributed by atoms with Gasteiger partial charge in [-0.05, 0) is 58.0 Å². The van der Waals surface area contributed by atoms with Crippen molar-refractivity contribution < 1.29 is 18.7 Å². The van der Waals surface area contributed by atoms with Crippen molar-refractivity contribution in [2.45, 2.75) is 45.2 Å². The van der Waals surface area contributed by atoms with Gasteiger partial charge < -0.3 is 20.3 Å². The van der Waals surface area contributed by atoms with Crippen LogP contribution < -0.4 is 15.5 Å². The predicted octanol–water partition coefficient (Wildman–Crippen LogP) is 4.45. The molecule has 1 aliphatic rings. The first-order valence-corrected chi connectivity index (χ1v) is 11.7. The molecule has 1 fully saturated rings. The Morgan fingerprint density at radius 2 is 1.72 bits per heavy atom. The van der Waals surface area contributed by atoms with E-state index in [1.54, 1.807) is 19.1 Å². The molecule has 0 aliphatic carbocycles. The summed E-state index contributed by atoms with van der Waals surface area (Å²) in [7, 11) is 0. The number of halogens is 1. The van der Waals surface area contributed by atoms with Gasteiger partial charge in [0, 0.05) is 24.5 Å². The number of nitrogens with one attached hydrogen (secondary N) is 2. The summed E-state index contributed by atoms with van der Waals surface area (Å²) < 4.78 is 20.4. The van der Waals surface area contributed by atoms with Gasteiger partial charge in [0.05, 0.1) is 28.9 Å². The summed E-state index contributed by atoms with van der Waals surface area (Å²) in [5.41, 5.74) is 2.72. The third-order valence-electron chi connectivity index (χ3n) is 5.14. The van der Waals surface area contributed by atoms with E-state index in [4.69, 9.17) is 4.74 Å². The molecule has 32 heavy (non-hydrogen) atoms. The van der Waals surface area contributed by atoms with Crippen LogP contribution in [0.5, 0.6) is 0 Å². The van der Waals surface area contributed by atoms with Crippen LogP contribution in [0.25, 0.3) is 0 Å². The zero-order valence-electron chi connectivity index (χ0n) is 18.9. The Balaban J connectivity index is 1.50. The molecule has 2 aromatic carbocycles. The van der Waals surface area contributed by atoms with Gasteiger partial charge in [-0.1, -0.05) is 17.7 Å². The number of benzene rings is 2. The number of nitrogens with zero attached hydrogens (tertiary/aromatic N) is 1. The Kier molecular flexibility index (Phi) is 8.15. The number of carbonyl (C=O) groups is 2. The van der Waals surface area contributed by atoms with Crippen molar-refractivity contribution in [1.29, 1.82) is 0 Å². The molecule has 1 heterocycles. The summed E-state index contributed by atoms with van der Waals surface area (Å²) >= 11 is 1.22. The van der Waals surface area contributed by atoms with E-state index < -0.39 is 5.25 Å². The Hall–Kier alpha value is -2.58. The van der Waals surface area contributed by atoms with E-state index in [1.807, 2.05) is 49.9 Å². The van der Waals surface area contributed by atoms with Crippen molar-refractivity contribution in [3.05, 3.63) is 53.8 Å². The van der Waals surface area contributed by atoms with Gasteiger partial charge in [-0.25, -0.2) is 4.39 Å². The van der Waals surface area contributed by atoms with Crippen molar-refractivity contribution in [1.82, 2.24) is 0 Å². The fraction of sp³-hybridized carbons (Fsp3) is 0.417. The lowest BCUT2D eigenvalue weighted by Crippen LogP contribution is -2.45. The van der Waals surface area contributed by atoms with Crippen LogP contribution in [0.3, 0.4) is 0 Å². The highest BCUT2D eigenvalue weighted by Gasteiger charge is 2.24. The number of anilines is 3. The predicted molar refractivity (Wildman–Crippen MR) is 129 cm³/mol. The molecule has 8 heteroatoms. The lowest BCUT2D eigenvalue weighted by Gasteiger charge is -2.37. The fourth-order valence-electron chi connectivity index (χ4n) is 3.57. The zero-order chi connectivity index (χ0) is 23.3. The highest BCUT2D eigenvalue weighted by Crippen LogP contribution is 2.26. The molecule has 2 N–H and O–H groups in total. The number of carbonyl (C=O) groups excluding carboxylic acids is 2. The van der Waals surface area contributed by atoms with Crippen LogP contribution in [0.2, 0.25) is 0 Å². The molecule has 1 aliphatic heterocycles. The Labute approximate surface area is 192 Å². The Bertz CT molecular complexity index is 944. The van der Waals surface area contributed by atoms with Crippen LogP contribution in [0.15, 0.2) is 42.5 Å². The largest absolute Gasteiger partial charge is 0.372 e. The SMILES string of the molecule is Cc1ccc(NC(=O)CSC(C)C(=O)Nc2ccc(N3CC(C)OC(C)C3)c(F)c2)cc1. The molecule has 2 amide bonds. The standard InChI is InChI=1S/C24H30FN3O3S/c1-15-5-7-19(8-6-15)26-23(29)14-32-18(4)24(30)27-20-9-10-22(21(25)11-20)28-12-16(2)31-17(3)13-28/h5-11,16-18H,12-14H2,1-4H3,(H,26,29)(H,27,30). The number of ether oxygens (including phenoxy) is 1. The summed E-state index contributed by atoms with van der Waals surface area (Å²) in [5.74, 6) is -0.702. The van der Waals surface area contributed by atoms with Gasteiger partial charge in [0.25, 0.3) is 0 Å². The average molecular weight is 460 g/mol. The lowest BCUT2D eigenvalue weighted by molar-refractivity contribution is -0.115. The molecule has 3 unspecified atom stereocenters. The first kappa shape index (κ1) is 24.1. The van der Waals surface area contributed by atoms with Crippen molar-refractivity contribution >= 4 is 40.6 Å². The first-order valence-electron chi connectivity index (χ1n) is 10.7. The molecule has 3 atom stereocenters. The summed E-state index contributed by atoms with van der Waals surface area (Å²) in [4.78, 5) is 26.6. The van der Waals surface area contributed by atoms with Crippen molar-refractivity contribution in [2.24, 2.45) is 0 Å². The first-order chi connectivity index (χ1) is 15.2. The van der Waals surface area contributed by atoms with E-state index in [0.29, 0.717) is 24.5 Å². The number of amides is 2. The second-order valence-electron chi connectivity index (χ2n) is 8.19. The molecule has 0 aromatic heterocycles. The minimum absolute atomic E-state index is 0.0265. The summed E-state index contributed by atoms with van der Waals surface area (Å²) in [5, 5.41) is 5.07. The van der Waals surface area contributed by atoms with Gasteiger partial charge in [0.2, 0.25) is 11.8 Å². The molecule has 0 bridgehead atoms. The van der Waals surface area contributed by atoms with Crippen LogP contribution in [-0.2, 0) is 14.3 Å². The van der Waals surface area contributed by atoms with Crippen LogP contribution in [-0.4, -0.2) is 48.1 Å². The molecule has 0 spiro atoms. The second-order valence-corrected chi connectivity index (χ2v) is 9.51. The highest BCUT2D eigenvalue weighted by atomic mass is 32.2. The van der Waals surface area contributed by atoms with Crippen molar-refractivity contribution in [2.75, 3.05) is 34.4 Å². The molecule has 172 valence electrons. The molecule has 0 radical (unpaired) electrons. The van der Waals surface area contributed by atoms with Gasteiger partial charge >= 0.3 is 0 Å². The van der Waals surface area contributed by atoms with E-state index in [2.05, 4.69) is 10.6 Å². The van der Waals surface area contributed by atoms with E-state index in [9.17, 15) is 14.0 Å². The Morgan fingerprint density at radius 3 is 2.34 bits per heavy atom. The maximum Gasteiger partial charge on any atom is 0.237 e. The molecular formula is C24H30FN3O3S. The zero-order valence-corrected chi connectivity index (χ0v) is 19.7. The summed E-state index contributed by atoms with van der Waals surface area (Å²) in [6, 6.07) is 12.2. The highest BCUT2D eigenvalue weighted by molar-refractivity contribution is 8.01. The minimum Gasteiger partial charge on any atom is -0.372 e. The van der Waals surface area contributed by atoms with Gasteiger partial charge in [0.1, 0.15) is 5.82 Å². The number of hydrogen-bond donors (Lipinski definition) is 2. The summed E-state index contributed by atoms with van der Waals surface area (Å²) in [6.45, 7) is 8.87. The smallest absolute Gasteiger partial charge is 0.237 e. The maximum absolute atomic E-state index is 14.7. The van der Waals surface area contributed by atoms with Crippen LogP contribution in [0, 0.1) is 12.7 Å². The number of morpholine rings is 1. The molecular weight excluding hydrogens is 429 g/mol. The number of thioether (sulfide) groups is 1. The lowest BCUT2D eigenvalue weighted by atomic mass is 10.2. The van der Waals surface area contributed by atoms with Gasteiger partial charge in [-0.3, -0.25) is 9.59 Å². The third-order valence-corrected chi connectivity index (χ3v) is 6.29. The molecule has 0 saturated carbocycles. The summed E-state index contributed by atoms with van der Waals surface area (Å²) in [6.07, 6.45) is 0.0530. The van der Waals surface area contributed by atoms with Crippen molar-refractivity contribution in [3.63, 3.8) is 0 Å². The van der Waals surface area contributed by atoms with Gasteiger partial charge in [-0.2, -0.15) is 0 Å². The van der Waals surface area contributed by atoms with Crippen LogP contribution in [0.1, 0.15) is 26.3 Å². The number of rotatable bonds is 7. The second kappa shape index (κ2) is 10.8. The quantitative estimate of drug-likeness (QED) is 0.640. The van der Waals surface area contributed by atoms with E-state index in [0.717, 1.165) is 11.3 Å². The fourth-order valence-corrected chi connectivity index (χ4v) is 4.25. The van der Waals surface area contributed by atoms with E-state index in [1.165, 1.54) is 17.8 Å². The van der Waals surface area contributed by atoms with Crippen LogP contribution >= 0.6 is 11.8 Å². The molecule has 1 saturated heterocycles. The number of hydrogen-bond acceptors (Lipinski definition) is 5.